The summed E-state index contributed by atoms with van der Waals surface area (Å²) in [6.07, 6.45) is 1.49. The van der Waals surface area contributed by atoms with Crippen LogP contribution in [-0.4, -0.2) is 81.5 Å². The second kappa shape index (κ2) is 16.0. The first-order valence-corrected chi connectivity index (χ1v) is 20.2. The molecule has 9 nitrogen and oxygen atoms in total. The number of methoxy groups -OCH3 is 3. The van der Waals surface area contributed by atoms with E-state index in [0.717, 1.165) is 43.1 Å². The molecule has 4 aromatic rings. The molecule has 2 atom stereocenters. The van der Waals surface area contributed by atoms with Crippen molar-refractivity contribution >= 4 is 58.9 Å². The molecule has 4 aromatic carbocycles. The van der Waals surface area contributed by atoms with Crippen LogP contribution in [0.5, 0.6) is 11.5 Å². The van der Waals surface area contributed by atoms with E-state index in [0.29, 0.717) is 13.0 Å². The highest BCUT2D eigenvalue weighted by atomic mass is 32.2. The normalized spacial score (nSPS) is 20.9. The molecule has 52 heavy (non-hydrogen) atoms. The molecule has 0 aliphatic carbocycles. The number of nitrogens with one attached hydrogen (secondary N) is 1. The second-order valence-electron chi connectivity index (χ2n) is 13.1. The van der Waals surface area contributed by atoms with Crippen LogP contribution in [0.4, 0.5) is 0 Å². The molecule has 272 valence electrons. The van der Waals surface area contributed by atoms with Crippen LogP contribution in [0, 0.1) is 0 Å². The minimum Gasteiger partial charge on any atom is -0.497 e. The monoisotopic (exact) mass is 775 g/mol. The van der Waals surface area contributed by atoms with E-state index in [1.54, 1.807) is 14.2 Å². The first-order valence-electron chi connectivity index (χ1n) is 16.9. The largest absolute Gasteiger partial charge is 0.497 e. The molecule has 0 saturated carbocycles. The Bertz CT molecular complexity index is 1710. The summed E-state index contributed by atoms with van der Waals surface area (Å²) in [5, 5.41) is 9.20. The van der Waals surface area contributed by atoms with Crippen LogP contribution in [0.1, 0.15) is 24.0 Å². The van der Waals surface area contributed by atoms with Crippen molar-refractivity contribution < 1.29 is 29.0 Å². The number of rotatable bonds is 8. The highest BCUT2D eigenvalue weighted by Gasteiger charge is 2.52. The molecule has 2 fully saturated rings. The Hall–Kier alpha value is -3.30. The Morgan fingerprint density at radius 2 is 1.04 bits per heavy atom. The Labute approximate surface area is 321 Å². The number of hydroxylamine groups is 1. The number of likely N-dealkylation sites (tertiary alicyclic amines) is 2. The van der Waals surface area contributed by atoms with Gasteiger partial charge in [-0.15, -0.1) is 47.0 Å². The standard InChI is InChI=1S/C20H21NO3S2.C19H20N2O3S2/c1-23-15-9-7-14(8-10-15)12-21-13-20(11-16(21)19(22)24-2)25-17-5-3-4-6-18(17)26-20;1-24-14-8-6-13(7-9-14)11-21-12-19(10-15(21)18(22)20-23)25-16-4-2-3-5-17(16)26-19/h3-10,16H,11-13H2,1-2H3;2-9,15,23H,10-12H2,1H3,(H,20,22)/t16-;15-/m11/s1. The number of nitrogens with zero attached hydrogens (tertiary/aromatic N) is 2. The Kier molecular flexibility index (Phi) is 11.4. The van der Waals surface area contributed by atoms with Crippen LogP contribution >= 0.6 is 47.0 Å². The van der Waals surface area contributed by atoms with Gasteiger partial charge in [0.15, 0.2) is 0 Å². The molecule has 0 aromatic heterocycles. The number of carbonyl (C=O) groups excluding carboxylic acids is 2. The average molecular weight is 776 g/mol. The Balaban J connectivity index is 0.000000162. The molecule has 0 bridgehead atoms. The SMILES string of the molecule is COC(=O)[C@H]1CC2(CN1Cc1ccc(OC)cc1)Sc1ccccc1S2.COc1ccc(CN2CC3(C[C@@H]2C(=O)NO)Sc2ccccc2S3)cc1. The molecule has 4 aliphatic heterocycles. The number of ether oxygens (including phenoxy) is 3. The first kappa shape index (κ1) is 37.0. The highest BCUT2D eigenvalue weighted by molar-refractivity contribution is 8.21. The van der Waals surface area contributed by atoms with Gasteiger partial charge in [-0.3, -0.25) is 24.6 Å². The van der Waals surface area contributed by atoms with E-state index >= 15 is 0 Å². The van der Waals surface area contributed by atoms with Gasteiger partial charge in [0.25, 0.3) is 5.91 Å². The Morgan fingerprint density at radius 3 is 1.40 bits per heavy atom. The van der Waals surface area contributed by atoms with Crippen molar-refractivity contribution in [3.63, 3.8) is 0 Å². The molecule has 2 spiro atoms. The topological polar surface area (TPSA) is 101 Å². The highest BCUT2D eigenvalue weighted by Crippen LogP contribution is 2.61. The molecule has 1 amide bonds. The van der Waals surface area contributed by atoms with Gasteiger partial charge >= 0.3 is 5.97 Å². The van der Waals surface area contributed by atoms with Crippen LogP contribution in [0.2, 0.25) is 0 Å². The fourth-order valence-corrected chi connectivity index (χ4v) is 13.8. The number of benzene rings is 4. The zero-order valence-corrected chi connectivity index (χ0v) is 32.4. The van der Waals surface area contributed by atoms with Crippen molar-refractivity contribution in [1.82, 2.24) is 15.3 Å². The van der Waals surface area contributed by atoms with E-state index in [1.807, 2.05) is 101 Å². The molecule has 4 heterocycles. The summed E-state index contributed by atoms with van der Waals surface area (Å²) < 4.78 is 15.4. The maximum absolute atomic E-state index is 12.4. The molecule has 4 aliphatic rings. The molecule has 0 unspecified atom stereocenters. The fourth-order valence-electron chi connectivity index (χ4n) is 7.16. The van der Waals surface area contributed by atoms with E-state index in [-0.39, 0.29) is 32.1 Å². The summed E-state index contributed by atoms with van der Waals surface area (Å²) in [5.74, 6) is 1.17. The zero-order chi connectivity index (χ0) is 36.3. The van der Waals surface area contributed by atoms with Gasteiger partial charge < -0.3 is 14.2 Å². The number of esters is 1. The minimum atomic E-state index is -0.351. The molecule has 0 radical (unpaired) electrons. The van der Waals surface area contributed by atoms with Crippen LogP contribution in [0.15, 0.2) is 117 Å². The first-order chi connectivity index (χ1) is 25.2. The third-order valence-electron chi connectivity index (χ3n) is 9.64. The van der Waals surface area contributed by atoms with E-state index in [4.69, 9.17) is 14.2 Å². The van der Waals surface area contributed by atoms with Crippen molar-refractivity contribution in [1.29, 1.82) is 0 Å². The van der Waals surface area contributed by atoms with Crippen LogP contribution < -0.4 is 15.0 Å². The van der Waals surface area contributed by atoms with Gasteiger partial charge in [0.2, 0.25) is 0 Å². The summed E-state index contributed by atoms with van der Waals surface area (Å²) in [5.41, 5.74) is 4.13. The van der Waals surface area contributed by atoms with E-state index in [9.17, 15) is 14.8 Å². The maximum atomic E-state index is 12.4. The summed E-state index contributed by atoms with van der Waals surface area (Å²) >= 11 is 7.46. The van der Waals surface area contributed by atoms with E-state index in [2.05, 4.69) is 58.3 Å². The van der Waals surface area contributed by atoms with Crippen LogP contribution in [0.25, 0.3) is 0 Å². The number of thioether (sulfide) groups is 4. The van der Waals surface area contributed by atoms with Gasteiger partial charge in [-0.1, -0.05) is 48.5 Å². The number of amides is 1. The summed E-state index contributed by atoms with van der Waals surface area (Å²) in [7, 11) is 4.79. The van der Waals surface area contributed by atoms with Crippen LogP contribution in [-0.2, 0) is 27.4 Å². The number of hydrogen-bond donors (Lipinski definition) is 2. The second-order valence-corrected chi connectivity index (χ2v) is 19.3. The van der Waals surface area contributed by atoms with Gasteiger partial charge in [0.1, 0.15) is 17.5 Å². The third-order valence-corrected chi connectivity index (χ3v) is 15.9. The predicted molar refractivity (Wildman–Crippen MR) is 207 cm³/mol. The molecule has 2 saturated heterocycles. The maximum Gasteiger partial charge on any atom is 0.323 e. The number of fused-ring (bicyclic) bond motifs is 2. The summed E-state index contributed by atoms with van der Waals surface area (Å²) in [6, 6.07) is 32.2. The van der Waals surface area contributed by atoms with Crippen molar-refractivity contribution in [2.24, 2.45) is 0 Å². The van der Waals surface area contributed by atoms with Gasteiger partial charge in [0, 0.05) is 45.8 Å². The Morgan fingerprint density at radius 1 is 0.654 bits per heavy atom. The minimum absolute atomic E-state index is 0.0188. The zero-order valence-electron chi connectivity index (χ0n) is 29.2. The quantitative estimate of drug-likeness (QED) is 0.106. The van der Waals surface area contributed by atoms with Crippen molar-refractivity contribution in [3.8, 4) is 11.5 Å². The molecular formula is C39H41N3O6S4. The number of carbonyl (C=O) groups is 2. The molecular weight excluding hydrogens is 735 g/mol. The van der Waals surface area contributed by atoms with E-state index < -0.39 is 0 Å². The summed E-state index contributed by atoms with van der Waals surface area (Å²) in [6.45, 7) is 3.01. The van der Waals surface area contributed by atoms with Crippen molar-refractivity contribution in [3.05, 3.63) is 108 Å². The van der Waals surface area contributed by atoms with E-state index in [1.165, 1.54) is 32.3 Å². The van der Waals surface area contributed by atoms with Crippen LogP contribution in [0.3, 0.4) is 0 Å². The third kappa shape index (κ3) is 7.96. The van der Waals surface area contributed by atoms with Crippen molar-refractivity contribution in [2.75, 3.05) is 34.4 Å². The lowest BCUT2D eigenvalue weighted by Gasteiger charge is -2.23. The van der Waals surface area contributed by atoms with Gasteiger partial charge in [-0.05, 0) is 72.5 Å². The fraction of sp³-hybridized carbons (Fsp3) is 0.333. The lowest BCUT2D eigenvalue weighted by Crippen LogP contribution is -2.41. The summed E-state index contributed by atoms with van der Waals surface area (Å²) in [4.78, 5) is 34.3. The van der Waals surface area contributed by atoms with Crippen molar-refractivity contribution in [2.45, 2.75) is 65.8 Å². The lowest BCUT2D eigenvalue weighted by molar-refractivity contribution is -0.146. The average Bonchev–Trinajstić information content (AvgIpc) is 3.93. The smallest absolute Gasteiger partial charge is 0.323 e. The number of hydrogen-bond acceptors (Lipinski definition) is 12. The van der Waals surface area contributed by atoms with Gasteiger partial charge in [-0.2, -0.15) is 0 Å². The predicted octanol–water partition coefficient (Wildman–Crippen LogP) is 7.41. The molecule has 8 rings (SSSR count). The van der Waals surface area contributed by atoms with Gasteiger partial charge in [0.05, 0.1) is 35.5 Å². The lowest BCUT2D eigenvalue weighted by atomic mass is 10.1. The van der Waals surface area contributed by atoms with Gasteiger partial charge in [-0.25, -0.2) is 5.48 Å². The molecule has 2 N–H and O–H groups in total. The molecule has 13 heteroatoms.